The number of amides is 1. The van der Waals surface area contributed by atoms with Crippen LogP contribution in [0.3, 0.4) is 0 Å². The van der Waals surface area contributed by atoms with Crippen molar-refractivity contribution >= 4 is 28.8 Å². The molecular formula is C21H19N3O3S. The number of nitrogens with one attached hydrogen (secondary N) is 1. The van der Waals surface area contributed by atoms with Crippen LogP contribution in [0.25, 0.3) is 0 Å². The molecule has 7 heteroatoms. The van der Waals surface area contributed by atoms with Gasteiger partial charge in [-0.2, -0.15) is 4.31 Å². The van der Waals surface area contributed by atoms with Gasteiger partial charge in [0.25, 0.3) is 5.91 Å². The highest BCUT2D eigenvalue weighted by molar-refractivity contribution is 7.92. The molecule has 0 radical (unpaired) electrons. The van der Waals surface area contributed by atoms with Gasteiger partial charge < -0.3 is 15.0 Å². The Balaban J connectivity index is 1.50. The molecule has 1 aliphatic rings. The second-order valence-electron chi connectivity index (χ2n) is 6.43. The molecule has 0 saturated carbocycles. The molecule has 2 heterocycles. The summed E-state index contributed by atoms with van der Waals surface area (Å²) in [5.41, 5.74) is 2.60. The first-order valence-electron chi connectivity index (χ1n) is 8.96. The zero-order valence-electron chi connectivity index (χ0n) is 15.0. The zero-order valence-corrected chi connectivity index (χ0v) is 15.9. The third-order valence-electron chi connectivity index (χ3n) is 4.60. The van der Waals surface area contributed by atoms with Crippen molar-refractivity contribution in [3.63, 3.8) is 0 Å². The Kier molecular flexibility index (Phi) is 5.18. The third-order valence-corrected chi connectivity index (χ3v) is 6.06. The molecule has 1 aliphatic heterocycles. The molecule has 6 nitrogen and oxygen atoms in total. The van der Waals surface area contributed by atoms with E-state index in [4.69, 9.17) is 0 Å². The average Bonchev–Trinajstić information content (AvgIpc) is 2.74. The molecule has 1 unspecified atom stereocenters. The van der Waals surface area contributed by atoms with Crippen LogP contribution < -0.4 is 9.62 Å². The fraction of sp³-hybridized carbons (Fsp3) is 0.143. The van der Waals surface area contributed by atoms with Crippen molar-refractivity contribution in [2.45, 2.75) is 17.7 Å². The van der Waals surface area contributed by atoms with E-state index in [2.05, 4.69) is 16.4 Å². The average molecular weight is 393 g/mol. The standard InChI is InChI=1S/C21H19N3O3S/c25-19-8-3-13-22-20(19)23-21(26)16-9-11-17(12-10-16)28(27)24-14-4-6-15-5-1-2-7-18(15)24/h1-3,5,7-13,25H,4,6,14H2,(H,22,23,26). The van der Waals surface area contributed by atoms with E-state index in [1.165, 1.54) is 17.8 Å². The SMILES string of the molecule is O=C(Nc1ncccc1O)c1ccc([S+]([O-])N2CCCc3ccccc32)cc1. The Bertz CT molecular complexity index is 994. The molecule has 1 aromatic heterocycles. The van der Waals surface area contributed by atoms with Crippen molar-refractivity contribution in [3.05, 3.63) is 78.0 Å². The van der Waals surface area contributed by atoms with Crippen molar-refractivity contribution in [2.24, 2.45) is 0 Å². The second-order valence-corrected chi connectivity index (χ2v) is 7.84. The normalized spacial score (nSPS) is 14.2. The number of pyridine rings is 1. The van der Waals surface area contributed by atoms with Gasteiger partial charge >= 0.3 is 0 Å². The number of nitrogens with zero attached hydrogens (tertiary/aromatic N) is 2. The van der Waals surface area contributed by atoms with Crippen LogP contribution in [0.15, 0.2) is 71.8 Å². The monoisotopic (exact) mass is 393 g/mol. The van der Waals surface area contributed by atoms with Crippen LogP contribution in [0.2, 0.25) is 0 Å². The van der Waals surface area contributed by atoms with Crippen molar-refractivity contribution in [1.29, 1.82) is 0 Å². The first-order chi connectivity index (χ1) is 13.6. The van der Waals surface area contributed by atoms with Crippen molar-refractivity contribution in [1.82, 2.24) is 4.98 Å². The van der Waals surface area contributed by atoms with Crippen LogP contribution in [0.1, 0.15) is 22.3 Å². The van der Waals surface area contributed by atoms with E-state index in [9.17, 15) is 14.5 Å². The quantitative estimate of drug-likeness (QED) is 0.662. The van der Waals surface area contributed by atoms with Crippen LogP contribution in [-0.4, -0.2) is 27.1 Å². The predicted molar refractivity (Wildman–Crippen MR) is 109 cm³/mol. The zero-order chi connectivity index (χ0) is 19.5. The van der Waals surface area contributed by atoms with Gasteiger partial charge in [-0.15, -0.1) is 0 Å². The number of benzene rings is 2. The molecule has 1 atom stereocenters. The number of hydrogen-bond acceptors (Lipinski definition) is 5. The number of aromatic hydroxyl groups is 1. The largest absolute Gasteiger partial charge is 0.588 e. The molecule has 0 fully saturated rings. The summed E-state index contributed by atoms with van der Waals surface area (Å²) in [6.45, 7) is 0.727. The van der Waals surface area contributed by atoms with E-state index in [0.717, 1.165) is 25.1 Å². The first kappa shape index (κ1) is 18.3. The van der Waals surface area contributed by atoms with Gasteiger partial charge in [0.2, 0.25) is 0 Å². The molecule has 0 spiro atoms. The molecular weight excluding hydrogens is 374 g/mol. The van der Waals surface area contributed by atoms with E-state index in [1.54, 1.807) is 30.3 Å². The molecule has 3 aromatic rings. The number of aryl methyl sites for hydroxylation is 1. The van der Waals surface area contributed by atoms with Crippen LogP contribution in [0, 0.1) is 0 Å². The van der Waals surface area contributed by atoms with Gasteiger partial charge in [-0.05, 0) is 60.9 Å². The topological polar surface area (TPSA) is 88.5 Å². The van der Waals surface area contributed by atoms with E-state index in [-0.39, 0.29) is 11.6 Å². The molecule has 2 N–H and O–H groups in total. The summed E-state index contributed by atoms with van der Waals surface area (Å²) in [4.78, 5) is 16.9. The summed E-state index contributed by atoms with van der Waals surface area (Å²) in [6, 6.07) is 17.7. The highest BCUT2D eigenvalue weighted by Crippen LogP contribution is 2.31. The predicted octanol–water partition coefficient (Wildman–Crippen LogP) is 3.51. The van der Waals surface area contributed by atoms with E-state index >= 15 is 0 Å². The lowest BCUT2D eigenvalue weighted by molar-refractivity contribution is 0.102. The Hall–Kier alpha value is -3.03. The number of aromatic nitrogens is 1. The van der Waals surface area contributed by atoms with Gasteiger partial charge in [0.1, 0.15) is 11.4 Å². The Morgan fingerprint density at radius 1 is 1.11 bits per heavy atom. The molecule has 0 saturated heterocycles. The van der Waals surface area contributed by atoms with E-state index in [0.29, 0.717) is 10.5 Å². The number of hydrogen-bond donors (Lipinski definition) is 2. The molecule has 0 aliphatic carbocycles. The maximum absolute atomic E-state index is 13.1. The number of carbonyl (C=O) groups is 1. The summed E-state index contributed by atoms with van der Waals surface area (Å²) in [7, 11) is 0. The van der Waals surface area contributed by atoms with Crippen LogP contribution in [0.4, 0.5) is 11.5 Å². The van der Waals surface area contributed by atoms with Crippen LogP contribution in [0.5, 0.6) is 5.75 Å². The number of fused-ring (bicyclic) bond motifs is 1. The summed E-state index contributed by atoms with van der Waals surface area (Å²) in [5, 5.41) is 12.3. The number of rotatable bonds is 4. The molecule has 142 valence electrons. The number of para-hydroxylation sites is 1. The number of anilines is 2. The minimum atomic E-state index is -1.35. The van der Waals surface area contributed by atoms with Crippen molar-refractivity contribution in [3.8, 4) is 5.75 Å². The van der Waals surface area contributed by atoms with Crippen LogP contribution in [-0.2, 0) is 17.8 Å². The molecule has 0 bridgehead atoms. The van der Waals surface area contributed by atoms with Gasteiger partial charge in [0.15, 0.2) is 16.5 Å². The Morgan fingerprint density at radius 3 is 2.68 bits per heavy atom. The van der Waals surface area contributed by atoms with Gasteiger partial charge in [-0.3, -0.25) is 4.79 Å². The lowest BCUT2D eigenvalue weighted by atomic mass is 10.0. The van der Waals surface area contributed by atoms with Gasteiger partial charge in [-0.25, -0.2) is 4.98 Å². The highest BCUT2D eigenvalue weighted by Gasteiger charge is 2.28. The van der Waals surface area contributed by atoms with E-state index < -0.39 is 17.3 Å². The summed E-state index contributed by atoms with van der Waals surface area (Å²) >= 11 is -1.35. The Labute approximate surface area is 166 Å². The van der Waals surface area contributed by atoms with Gasteiger partial charge in [0, 0.05) is 11.8 Å². The molecule has 4 rings (SSSR count). The first-order valence-corrected chi connectivity index (χ1v) is 10.1. The van der Waals surface area contributed by atoms with Gasteiger partial charge in [0.05, 0.1) is 12.2 Å². The lowest BCUT2D eigenvalue weighted by Crippen LogP contribution is -2.35. The molecule has 2 aromatic carbocycles. The van der Waals surface area contributed by atoms with Gasteiger partial charge in [-0.1, -0.05) is 18.2 Å². The fourth-order valence-corrected chi connectivity index (χ4v) is 4.47. The molecule has 28 heavy (non-hydrogen) atoms. The van der Waals surface area contributed by atoms with Crippen molar-refractivity contribution < 1.29 is 14.5 Å². The second kappa shape index (κ2) is 7.92. The maximum atomic E-state index is 13.1. The lowest BCUT2D eigenvalue weighted by Gasteiger charge is -2.30. The summed E-state index contributed by atoms with van der Waals surface area (Å²) in [5.74, 6) is -0.392. The maximum Gasteiger partial charge on any atom is 0.256 e. The van der Waals surface area contributed by atoms with E-state index in [1.807, 2.05) is 22.5 Å². The molecule has 1 amide bonds. The highest BCUT2D eigenvalue weighted by atomic mass is 32.2. The summed E-state index contributed by atoms with van der Waals surface area (Å²) in [6.07, 6.45) is 3.43. The Morgan fingerprint density at radius 2 is 1.89 bits per heavy atom. The summed E-state index contributed by atoms with van der Waals surface area (Å²) < 4.78 is 15.0. The third kappa shape index (κ3) is 3.67. The fourth-order valence-electron chi connectivity index (χ4n) is 3.19. The smallest absolute Gasteiger partial charge is 0.256 e. The minimum absolute atomic E-state index is 0.0997. The van der Waals surface area contributed by atoms with Crippen molar-refractivity contribution in [2.75, 3.05) is 16.2 Å². The van der Waals surface area contributed by atoms with Crippen LogP contribution >= 0.6 is 0 Å². The number of carbonyl (C=O) groups excluding carboxylic acids is 1. The minimum Gasteiger partial charge on any atom is -0.588 e.